The summed E-state index contributed by atoms with van der Waals surface area (Å²) in [6.45, 7) is -1.69. The van der Waals surface area contributed by atoms with E-state index < -0.39 is 53.5 Å². The van der Waals surface area contributed by atoms with Crippen LogP contribution in [0.3, 0.4) is 0 Å². The number of amides is 1. The van der Waals surface area contributed by atoms with E-state index in [2.05, 4.69) is 4.98 Å². The molecule has 0 aliphatic heterocycles. The van der Waals surface area contributed by atoms with Crippen molar-refractivity contribution in [1.82, 2.24) is 15.0 Å². The highest BCUT2D eigenvalue weighted by molar-refractivity contribution is 7.89. The lowest BCUT2D eigenvalue weighted by atomic mass is 9.99. The summed E-state index contributed by atoms with van der Waals surface area (Å²) >= 11 is 0. The lowest BCUT2D eigenvalue weighted by molar-refractivity contribution is -0.133. The van der Waals surface area contributed by atoms with Gasteiger partial charge in [-0.15, -0.1) is 0 Å². The van der Waals surface area contributed by atoms with Gasteiger partial charge in [-0.3, -0.25) is 9.78 Å². The zero-order valence-corrected chi connectivity index (χ0v) is 16.5. The molecule has 0 spiro atoms. The fourth-order valence-corrected chi connectivity index (χ4v) is 2.97. The standard InChI is InChI=1S/C18H18F5N3O4S/c19-7-14(26-17(28)16(20)21)15(27)11-3-1-10(2-4-11)12-5-6-13(24-8-12)9-25-31(29,30)18(22)23/h1-6,8,14-16,18,25,27H,7,9H2,(H,26,28). The molecule has 0 fully saturated rings. The van der Waals surface area contributed by atoms with Gasteiger partial charge in [-0.2, -0.15) is 17.6 Å². The second kappa shape index (κ2) is 10.6. The number of benzene rings is 1. The van der Waals surface area contributed by atoms with Gasteiger partial charge >= 0.3 is 12.2 Å². The van der Waals surface area contributed by atoms with Gasteiger partial charge in [0.2, 0.25) is 0 Å². The number of carbonyl (C=O) groups is 1. The number of aromatic nitrogens is 1. The summed E-state index contributed by atoms with van der Waals surface area (Å²) in [5.74, 6) is -5.25. The van der Waals surface area contributed by atoms with E-state index in [1.165, 1.54) is 36.5 Å². The van der Waals surface area contributed by atoms with Crippen molar-refractivity contribution >= 4 is 15.9 Å². The molecule has 0 radical (unpaired) electrons. The number of aliphatic hydroxyl groups is 1. The van der Waals surface area contributed by atoms with Crippen LogP contribution in [-0.4, -0.2) is 49.3 Å². The zero-order chi connectivity index (χ0) is 23.2. The van der Waals surface area contributed by atoms with Gasteiger partial charge < -0.3 is 10.4 Å². The maximum Gasteiger partial charge on any atom is 0.350 e. The van der Waals surface area contributed by atoms with Crippen molar-refractivity contribution < 1.29 is 40.3 Å². The Bertz CT molecular complexity index is 973. The second-order valence-electron chi connectivity index (χ2n) is 6.30. The Morgan fingerprint density at radius 1 is 1.03 bits per heavy atom. The normalized spacial score (nSPS) is 13.9. The Kier molecular flexibility index (Phi) is 8.42. The molecule has 7 nitrogen and oxygen atoms in total. The van der Waals surface area contributed by atoms with Gasteiger partial charge in [0, 0.05) is 11.8 Å². The minimum atomic E-state index is -4.73. The summed E-state index contributed by atoms with van der Waals surface area (Å²) in [7, 11) is -4.73. The molecule has 2 unspecified atom stereocenters. The molecule has 2 rings (SSSR count). The number of nitrogens with zero attached hydrogens (tertiary/aromatic N) is 1. The number of sulfonamides is 1. The molecule has 1 aromatic heterocycles. The van der Waals surface area contributed by atoms with Gasteiger partial charge in [0.05, 0.1) is 18.3 Å². The molecule has 3 N–H and O–H groups in total. The molecule has 170 valence electrons. The Hall–Kier alpha value is -2.64. The van der Waals surface area contributed by atoms with Crippen LogP contribution in [0.15, 0.2) is 42.6 Å². The number of aliphatic hydroxyl groups excluding tert-OH is 1. The summed E-state index contributed by atoms with van der Waals surface area (Å²) < 4.78 is 86.1. The van der Waals surface area contributed by atoms with Crippen molar-refractivity contribution in [2.45, 2.75) is 30.9 Å². The maximum absolute atomic E-state index is 13.1. The predicted molar refractivity (Wildman–Crippen MR) is 100 cm³/mol. The zero-order valence-electron chi connectivity index (χ0n) is 15.7. The molecule has 31 heavy (non-hydrogen) atoms. The van der Waals surface area contributed by atoms with Crippen LogP contribution in [0.25, 0.3) is 11.1 Å². The van der Waals surface area contributed by atoms with Crippen LogP contribution >= 0.6 is 0 Å². The van der Waals surface area contributed by atoms with Crippen molar-refractivity contribution in [2.24, 2.45) is 0 Å². The van der Waals surface area contributed by atoms with Crippen LogP contribution in [-0.2, 0) is 21.4 Å². The van der Waals surface area contributed by atoms with Gasteiger partial charge in [-0.25, -0.2) is 17.5 Å². The molecule has 0 aliphatic carbocycles. The number of pyridine rings is 1. The SMILES string of the molecule is O=C(NC(CF)C(O)c1ccc(-c2ccc(CNS(=O)(=O)C(F)F)nc2)cc1)C(F)F. The number of rotatable bonds is 10. The third-order valence-electron chi connectivity index (χ3n) is 4.17. The summed E-state index contributed by atoms with van der Waals surface area (Å²) in [5, 5.41) is 11.9. The van der Waals surface area contributed by atoms with E-state index in [0.29, 0.717) is 11.1 Å². The van der Waals surface area contributed by atoms with Gasteiger partial charge in [0.25, 0.3) is 15.9 Å². The van der Waals surface area contributed by atoms with E-state index in [-0.39, 0.29) is 11.3 Å². The van der Waals surface area contributed by atoms with Gasteiger partial charge in [-0.1, -0.05) is 30.3 Å². The highest BCUT2D eigenvalue weighted by Gasteiger charge is 2.26. The Labute approximate surface area is 174 Å². The molecule has 0 saturated carbocycles. The van der Waals surface area contributed by atoms with Gasteiger partial charge in [-0.05, 0) is 17.2 Å². The predicted octanol–water partition coefficient (Wildman–Crippen LogP) is 2.14. The fraction of sp³-hybridized carbons (Fsp3) is 0.333. The van der Waals surface area contributed by atoms with Crippen molar-refractivity contribution in [3.8, 4) is 11.1 Å². The lowest BCUT2D eigenvalue weighted by Crippen LogP contribution is -2.43. The average molecular weight is 467 g/mol. The molecule has 2 aromatic rings. The Morgan fingerprint density at radius 3 is 2.13 bits per heavy atom. The quantitative estimate of drug-likeness (QED) is 0.464. The fourth-order valence-electron chi connectivity index (χ4n) is 2.49. The van der Waals surface area contributed by atoms with E-state index >= 15 is 0 Å². The topological polar surface area (TPSA) is 108 Å². The minimum absolute atomic E-state index is 0.173. The van der Waals surface area contributed by atoms with Crippen LogP contribution in [0, 0.1) is 0 Å². The van der Waals surface area contributed by atoms with Crippen LogP contribution in [0.2, 0.25) is 0 Å². The molecule has 2 atom stereocenters. The van der Waals surface area contributed by atoms with Crippen molar-refractivity contribution in [3.05, 3.63) is 53.9 Å². The van der Waals surface area contributed by atoms with E-state index in [0.717, 1.165) is 0 Å². The monoisotopic (exact) mass is 467 g/mol. The van der Waals surface area contributed by atoms with E-state index in [1.54, 1.807) is 16.1 Å². The highest BCUT2D eigenvalue weighted by Crippen LogP contribution is 2.24. The highest BCUT2D eigenvalue weighted by atomic mass is 32.2. The number of carbonyl (C=O) groups excluding carboxylic acids is 1. The first-order valence-corrected chi connectivity index (χ1v) is 10.2. The largest absolute Gasteiger partial charge is 0.386 e. The van der Waals surface area contributed by atoms with Crippen molar-refractivity contribution in [3.63, 3.8) is 0 Å². The smallest absolute Gasteiger partial charge is 0.350 e. The summed E-state index contributed by atoms with van der Waals surface area (Å²) in [6, 6.07) is 7.29. The Balaban J connectivity index is 2.06. The molecule has 1 aromatic carbocycles. The van der Waals surface area contributed by atoms with Crippen molar-refractivity contribution in [2.75, 3.05) is 6.67 Å². The molecule has 0 bridgehead atoms. The number of halogens is 5. The lowest BCUT2D eigenvalue weighted by Gasteiger charge is -2.22. The molecular weight excluding hydrogens is 449 g/mol. The van der Waals surface area contributed by atoms with E-state index in [1.807, 2.05) is 0 Å². The summed E-state index contributed by atoms with van der Waals surface area (Å²) in [5.41, 5.74) is 1.53. The first kappa shape index (κ1) is 24.6. The number of nitrogens with one attached hydrogen (secondary N) is 2. The van der Waals surface area contributed by atoms with E-state index in [9.17, 15) is 40.3 Å². The number of alkyl halides is 5. The number of hydrogen-bond acceptors (Lipinski definition) is 5. The Morgan fingerprint density at radius 2 is 1.65 bits per heavy atom. The van der Waals surface area contributed by atoms with Crippen LogP contribution < -0.4 is 10.0 Å². The van der Waals surface area contributed by atoms with Gasteiger partial charge in [0.1, 0.15) is 12.8 Å². The third kappa shape index (κ3) is 6.67. The van der Waals surface area contributed by atoms with Gasteiger partial charge in [0.15, 0.2) is 0 Å². The molecular formula is C18H18F5N3O4S. The molecule has 13 heteroatoms. The minimum Gasteiger partial charge on any atom is -0.386 e. The average Bonchev–Trinajstić information content (AvgIpc) is 2.75. The molecule has 0 saturated heterocycles. The maximum atomic E-state index is 13.1. The molecule has 0 aliphatic rings. The summed E-state index contributed by atoms with van der Waals surface area (Å²) in [6.07, 6.45) is -3.54. The second-order valence-corrected chi connectivity index (χ2v) is 8.04. The molecule has 1 amide bonds. The first-order valence-electron chi connectivity index (χ1n) is 8.69. The first-order chi connectivity index (χ1) is 14.5. The molecule has 1 heterocycles. The van der Waals surface area contributed by atoms with Crippen LogP contribution in [0.4, 0.5) is 22.0 Å². The van der Waals surface area contributed by atoms with Crippen molar-refractivity contribution in [1.29, 1.82) is 0 Å². The number of hydrogen-bond donors (Lipinski definition) is 3. The summed E-state index contributed by atoms with van der Waals surface area (Å²) in [4.78, 5) is 15.0. The third-order valence-corrected chi connectivity index (χ3v) is 5.19. The van der Waals surface area contributed by atoms with Crippen LogP contribution in [0.5, 0.6) is 0 Å². The van der Waals surface area contributed by atoms with E-state index in [4.69, 9.17) is 0 Å². The van der Waals surface area contributed by atoms with Crippen LogP contribution in [0.1, 0.15) is 17.4 Å².